The number of thiazole rings is 1. The van der Waals surface area contributed by atoms with E-state index >= 15 is 0 Å². The number of carbonyl (C=O) groups excluding carboxylic acids is 2. The van der Waals surface area contributed by atoms with Gasteiger partial charge in [-0.25, -0.2) is 4.98 Å². The van der Waals surface area contributed by atoms with Gasteiger partial charge in [0.05, 0.1) is 6.54 Å². The van der Waals surface area contributed by atoms with Crippen molar-refractivity contribution < 1.29 is 14.3 Å². The highest BCUT2D eigenvalue weighted by Crippen LogP contribution is 2.16. The van der Waals surface area contributed by atoms with E-state index in [0.29, 0.717) is 38.3 Å². The highest BCUT2D eigenvalue weighted by Gasteiger charge is 2.24. The summed E-state index contributed by atoms with van der Waals surface area (Å²) in [5.74, 6) is -0.0456. The number of piperazine rings is 1. The van der Waals surface area contributed by atoms with E-state index in [4.69, 9.17) is 4.74 Å². The van der Waals surface area contributed by atoms with Gasteiger partial charge in [-0.2, -0.15) is 0 Å². The molecule has 2 aromatic rings. The molecular weight excluding hydrogens is 364 g/mol. The Morgan fingerprint density at radius 3 is 2.63 bits per heavy atom. The number of nitrogens with zero attached hydrogens (tertiary/aromatic N) is 3. The Kier molecular flexibility index (Phi) is 6.41. The van der Waals surface area contributed by atoms with Gasteiger partial charge >= 0.3 is 0 Å². The largest absolute Gasteiger partial charge is 0.379 e. The first-order chi connectivity index (χ1) is 13.1. The molecule has 0 atom stereocenters. The first kappa shape index (κ1) is 19.3. The number of methoxy groups -OCH3 is 1. The molecule has 0 spiro atoms. The highest BCUT2D eigenvalue weighted by atomic mass is 32.1. The van der Waals surface area contributed by atoms with E-state index in [1.165, 1.54) is 7.11 Å². The minimum Gasteiger partial charge on any atom is -0.379 e. The third kappa shape index (κ3) is 5.05. The number of aromatic nitrogens is 1. The number of aryl methyl sites for hydroxylation is 1. The minimum atomic E-state index is -0.0341. The fraction of sp³-hybridized carbons (Fsp3) is 0.421. The van der Waals surface area contributed by atoms with E-state index in [0.717, 1.165) is 16.4 Å². The van der Waals surface area contributed by atoms with Crippen molar-refractivity contribution in [2.45, 2.75) is 13.5 Å². The maximum atomic E-state index is 12.8. The Labute approximate surface area is 162 Å². The molecular formula is C19H24N4O3S. The average molecular weight is 388 g/mol. The molecule has 1 aliphatic heterocycles. The molecule has 2 heterocycles. The molecule has 0 radical (unpaired) electrons. The quantitative estimate of drug-likeness (QED) is 0.819. The van der Waals surface area contributed by atoms with Crippen molar-refractivity contribution in [1.82, 2.24) is 14.8 Å². The van der Waals surface area contributed by atoms with Crippen LogP contribution in [0.5, 0.6) is 0 Å². The van der Waals surface area contributed by atoms with Gasteiger partial charge in [0.15, 0.2) is 0 Å². The zero-order valence-corrected chi connectivity index (χ0v) is 16.4. The molecule has 1 aliphatic rings. The summed E-state index contributed by atoms with van der Waals surface area (Å²) in [6, 6.07) is 7.51. The van der Waals surface area contributed by atoms with Gasteiger partial charge in [-0.15, -0.1) is 11.3 Å². The molecule has 7 nitrogen and oxygen atoms in total. The molecule has 27 heavy (non-hydrogen) atoms. The van der Waals surface area contributed by atoms with Crippen LogP contribution in [0.3, 0.4) is 0 Å². The number of ether oxygens (including phenoxy) is 1. The second-order valence-corrected chi connectivity index (χ2v) is 7.37. The molecule has 2 amide bonds. The summed E-state index contributed by atoms with van der Waals surface area (Å²) in [4.78, 5) is 32.6. The number of carbonyl (C=O) groups is 2. The lowest BCUT2D eigenvalue weighted by Gasteiger charge is -2.34. The predicted octanol–water partition coefficient (Wildman–Crippen LogP) is 1.99. The Bertz CT molecular complexity index is 800. The monoisotopic (exact) mass is 388 g/mol. The van der Waals surface area contributed by atoms with Crippen molar-refractivity contribution in [3.05, 3.63) is 45.9 Å². The lowest BCUT2D eigenvalue weighted by atomic mass is 10.1. The van der Waals surface area contributed by atoms with E-state index in [1.807, 2.05) is 36.6 Å². The number of rotatable bonds is 6. The first-order valence-electron chi connectivity index (χ1n) is 8.88. The Morgan fingerprint density at radius 2 is 1.96 bits per heavy atom. The van der Waals surface area contributed by atoms with Gasteiger partial charge in [-0.05, 0) is 25.1 Å². The molecule has 8 heteroatoms. The van der Waals surface area contributed by atoms with E-state index in [2.05, 4.69) is 10.3 Å². The summed E-state index contributed by atoms with van der Waals surface area (Å²) < 4.78 is 4.89. The van der Waals surface area contributed by atoms with E-state index in [1.54, 1.807) is 21.1 Å². The number of benzene rings is 1. The molecule has 0 bridgehead atoms. The topological polar surface area (TPSA) is 74.8 Å². The second kappa shape index (κ2) is 8.96. The fourth-order valence-corrected chi connectivity index (χ4v) is 3.69. The molecule has 1 saturated heterocycles. The third-order valence-corrected chi connectivity index (χ3v) is 5.37. The molecule has 1 N–H and O–H groups in total. The lowest BCUT2D eigenvalue weighted by molar-refractivity contribution is -0.136. The highest BCUT2D eigenvalue weighted by molar-refractivity contribution is 7.09. The summed E-state index contributed by atoms with van der Waals surface area (Å²) in [5.41, 5.74) is 2.55. The summed E-state index contributed by atoms with van der Waals surface area (Å²) in [5, 5.41) is 6.36. The number of hydrogen-bond donors (Lipinski definition) is 1. The second-order valence-electron chi connectivity index (χ2n) is 6.42. The maximum Gasteiger partial charge on any atom is 0.254 e. The third-order valence-electron chi connectivity index (χ3n) is 4.41. The van der Waals surface area contributed by atoms with Crippen LogP contribution in [0.2, 0.25) is 0 Å². The van der Waals surface area contributed by atoms with Gasteiger partial charge in [-0.1, -0.05) is 6.07 Å². The number of amides is 2. The molecule has 1 fully saturated rings. The molecule has 0 aliphatic carbocycles. The number of hydrogen-bond acceptors (Lipinski definition) is 6. The summed E-state index contributed by atoms with van der Waals surface area (Å²) in [6.45, 7) is 4.83. The smallest absolute Gasteiger partial charge is 0.254 e. The van der Waals surface area contributed by atoms with E-state index in [-0.39, 0.29) is 18.4 Å². The molecule has 3 rings (SSSR count). The van der Waals surface area contributed by atoms with Gasteiger partial charge in [-0.3, -0.25) is 9.59 Å². The van der Waals surface area contributed by atoms with Crippen molar-refractivity contribution in [2.24, 2.45) is 0 Å². The van der Waals surface area contributed by atoms with Gasteiger partial charge in [0, 0.05) is 55.6 Å². The standard InChI is InChI=1S/C19H24N4O3S/c1-14-13-27-17(21-14)11-20-16-5-3-4-15(10-16)19(25)23-8-6-22(7-9-23)18(24)12-26-2/h3-5,10,13,20H,6-9,11-12H2,1-2H3. The Morgan fingerprint density at radius 1 is 1.22 bits per heavy atom. The molecule has 144 valence electrons. The summed E-state index contributed by atoms with van der Waals surface area (Å²) in [7, 11) is 1.51. The zero-order chi connectivity index (χ0) is 19.2. The molecule has 1 aromatic heterocycles. The molecule has 0 saturated carbocycles. The van der Waals surface area contributed by atoms with Crippen LogP contribution < -0.4 is 5.32 Å². The van der Waals surface area contributed by atoms with E-state index < -0.39 is 0 Å². The zero-order valence-electron chi connectivity index (χ0n) is 15.6. The maximum absolute atomic E-state index is 12.8. The lowest BCUT2D eigenvalue weighted by Crippen LogP contribution is -2.51. The van der Waals surface area contributed by atoms with Gasteiger partial charge in [0.1, 0.15) is 11.6 Å². The SMILES string of the molecule is COCC(=O)N1CCN(C(=O)c2cccc(NCc3nc(C)cs3)c2)CC1. The Hall–Kier alpha value is -2.45. The summed E-state index contributed by atoms with van der Waals surface area (Å²) >= 11 is 1.62. The van der Waals surface area contributed by atoms with Gasteiger partial charge < -0.3 is 19.9 Å². The Balaban J connectivity index is 1.56. The first-order valence-corrected chi connectivity index (χ1v) is 9.75. The minimum absolute atomic E-state index is 0.0115. The normalized spacial score (nSPS) is 14.3. The van der Waals surface area contributed by atoms with Crippen LogP contribution in [0.25, 0.3) is 0 Å². The predicted molar refractivity (Wildman–Crippen MR) is 105 cm³/mol. The van der Waals surface area contributed by atoms with Crippen molar-refractivity contribution in [3.63, 3.8) is 0 Å². The fourth-order valence-electron chi connectivity index (χ4n) is 2.98. The average Bonchev–Trinajstić information content (AvgIpc) is 3.11. The number of anilines is 1. The van der Waals surface area contributed by atoms with Crippen molar-refractivity contribution >= 4 is 28.8 Å². The van der Waals surface area contributed by atoms with Crippen LogP contribution in [0.15, 0.2) is 29.6 Å². The van der Waals surface area contributed by atoms with Crippen molar-refractivity contribution in [3.8, 4) is 0 Å². The van der Waals surface area contributed by atoms with Crippen LogP contribution in [-0.2, 0) is 16.1 Å². The van der Waals surface area contributed by atoms with E-state index in [9.17, 15) is 9.59 Å². The van der Waals surface area contributed by atoms with Crippen molar-refractivity contribution in [2.75, 3.05) is 45.2 Å². The van der Waals surface area contributed by atoms with Gasteiger partial charge in [0.2, 0.25) is 5.91 Å². The summed E-state index contributed by atoms with van der Waals surface area (Å²) in [6.07, 6.45) is 0. The van der Waals surface area contributed by atoms with Crippen LogP contribution in [0.4, 0.5) is 5.69 Å². The van der Waals surface area contributed by atoms with Crippen LogP contribution >= 0.6 is 11.3 Å². The van der Waals surface area contributed by atoms with Gasteiger partial charge in [0.25, 0.3) is 5.91 Å². The van der Waals surface area contributed by atoms with Crippen molar-refractivity contribution in [1.29, 1.82) is 0 Å². The molecule has 1 aromatic carbocycles. The van der Waals surface area contributed by atoms with Crippen LogP contribution in [-0.4, -0.2) is 66.5 Å². The molecule has 0 unspecified atom stereocenters. The van der Waals surface area contributed by atoms with Crippen LogP contribution in [0.1, 0.15) is 21.1 Å². The number of nitrogens with one attached hydrogen (secondary N) is 1. The van der Waals surface area contributed by atoms with Crippen LogP contribution in [0, 0.1) is 6.92 Å².